The minimum Gasteiger partial charge on any atom is -0.484 e. The molecule has 6 heteroatoms. The van der Waals surface area contributed by atoms with Gasteiger partial charge in [-0.1, -0.05) is 11.6 Å². The molecular weight excluding hydrogens is 294 g/mol. The lowest BCUT2D eigenvalue weighted by Crippen LogP contribution is -2.32. The monoisotopic (exact) mass is 313 g/mol. The SMILES string of the molecule is Cc1cc(OCC(=O)N(C)CCCC(=O)O)cc(C)c1Cl. The lowest BCUT2D eigenvalue weighted by molar-refractivity contribution is -0.138. The molecular formula is C15H20ClNO4. The summed E-state index contributed by atoms with van der Waals surface area (Å²) in [6.07, 6.45) is 0.477. The molecule has 0 radical (unpaired) electrons. The Kier molecular flexibility index (Phi) is 6.49. The number of rotatable bonds is 7. The Morgan fingerprint density at radius 1 is 1.29 bits per heavy atom. The van der Waals surface area contributed by atoms with Gasteiger partial charge < -0.3 is 14.7 Å². The quantitative estimate of drug-likeness (QED) is 0.840. The molecule has 0 aromatic heterocycles. The number of aliphatic carboxylic acids is 1. The van der Waals surface area contributed by atoms with Crippen LogP contribution in [0, 0.1) is 13.8 Å². The van der Waals surface area contributed by atoms with E-state index in [2.05, 4.69) is 0 Å². The molecule has 0 unspecified atom stereocenters. The summed E-state index contributed by atoms with van der Waals surface area (Å²) in [5.74, 6) is -0.452. The third-order valence-corrected chi connectivity index (χ3v) is 3.68. The van der Waals surface area contributed by atoms with Crippen LogP contribution in [-0.4, -0.2) is 42.1 Å². The second kappa shape index (κ2) is 7.88. The highest BCUT2D eigenvalue weighted by Gasteiger charge is 2.11. The molecule has 1 N–H and O–H groups in total. The predicted molar refractivity (Wildman–Crippen MR) is 80.9 cm³/mol. The molecule has 21 heavy (non-hydrogen) atoms. The van der Waals surface area contributed by atoms with Gasteiger partial charge in [-0.3, -0.25) is 9.59 Å². The Morgan fingerprint density at radius 2 is 1.86 bits per heavy atom. The summed E-state index contributed by atoms with van der Waals surface area (Å²) in [5, 5.41) is 9.25. The van der Waals surface area contributed by atoms with E-state index in [-0.39, 0.29) is 18.9 Å². The van der Waals surface area contributed by atoms with Gasteiger partial charge in [0.05, 0.1) is 0 Å². The van der Waals surface area contributed by atoms with Crippen LogP contribution < -0.4 is 4.74 Å². The van der Waals surface area contributed by atoms with Crippen molar-refractivity contribution >= 4 is 23.5 Å². The van der Waals surface area contributed by atoms with E-state index in [0.717, 1.165) is 11.1 Å². The van der Waals surface area contributed by atoms with Crippen LogP contribution in [0.3, 0.4) is 0 Å². The van der Waals surface area contributed by atoms with Crippen molar-refractivity contribution < 1.29 is 19.4 Å². The van der Waals surface area contributed by atoms with Crippen molar-refractivity contribution in [2.75, 3.05) is 20.2 Å². The van der Waals surface area contributed by atoms with Crippen molar-refractivity contribution in [3.8, 4) is 5.75 Å². The van der Waals surface area contributed by atoms with Gasteiger partial charge in [0.15, 0.2) is 6.61 Å². The summed E-state index contributed by atoms with van der Waals surface area (Å²) < 4.78 is 5.47. The van der Waals surface area contributed by atoms with Gasteiger partial charge in [0.2, 0.25) is 0 Å². The fourth-order valence-corrected chi connectivity index (χ4v) is 1.95. The molecule has 0 atom stereocenters. The third kappa shape index (κ3) is 5.63. The van der Waals surface area contributed by atoms with E-state index in [1.54, 1.807) is 19.2 Å². The van der Waals surface area contributed by atoms with Crippen LogP contribution in [0.25, 0.3) is 0 Å². The van der Waals surface area contributed by atoms with E-state index < -0.39 is 5.97 Å². The molecule has 0 saturated carbocycles. The van der Waals surface area contributed by atoms with Gasteiger partial charge in [-0.25, -0.2) is 0 Å². The Morgan fingerprint density at radius 3 is 2.38 bits per heavy atom. The average Bonchev–Trinajstić information content (AvgIpc) is 2.41. The van der Waals surface area contributed by atoms with Crippen LogP contribution >= 0.6 is 11.6 Å². The zero-order valence-corrected chi connectivity index (χ0v) is 13.2. The number of aryl methyl sites for hydroxylation is 2. The molecule has 0 fully saturated rings. The molecule has 1 amide bonds. The number of benzene rings is 1. The zero-order chi connectivity index (χ0) is 16.0. The number of ether oxygens (including phenoxy) is 1. The molecule has 1 aromatic carbocycles. The fourth-order valence-electron chi connectivity index (χ4n) is 1.84. The lowest BCUT2D eigenvalue weighted by Gasteiger charge is -2.17. The number of halogens is 1. The molecule has 0 aliphatic rings. The van der Waals surface area contributed by atoms with Crippen molar-refractivity contribution in [2.24, 2.45) is 0 Å². The van der Waals surface area contributed by atoms with Gasteiger partial charge in [-0.15, -0.1) is 0 Å². The fraction of sp³-hybridized carbons (Fsp3) is 0.467. The second-order valence-corrected chi connectivity index (χ2v) is 5.35. The molecule has 0 spiro atoms. The van der Waals surface area contributed by atoms with Crippen LogP contribution in [0.2, 0.25) is 5.02 Å². The first-order chi connectivity index (χ1) is 9.81. The number of likely N-dealkylation sites (N-methyl/N-ethyl adjacent to an activating group) is 1. The molecule has 1 aromatic rings. The molecule has 0 bridgehead atoms. The van der Waals surface area contributed by atoms with Crippen LogP contribution in [0.5, 0.6) is 5.75 Å². The molecule has 0 saturated heterocycles. The second-order valence-electron chi connectivity index (χ2n) is 4.97. The van der Waals surface area contributed by atoms with Crippen LogP contribution in [0.15, 0.2) is 12.1 Å². The van der Waals surface area contributed by atoms with E-state index in [1.165, 1.54) is 4.90 Å². The van der Waals surface area contributed by atoms with Crippen molar-refractivity contribution in [3.63, 3.8) is 0 Å². The van der Waals surface area contributed by atoms with E-state index in [4.69, 9.17) is 21.4 Å². The number of nitrogens with zero attached hydrogens (tertiary/aromatic N) is 1. The largest absolute Gasteiger partial charge is 0.484 e. The number of carboxylic acids is 1. The van der Waals surface area contributed by atoms with Crippen molar-refractivity contribution in [2.45, 2.75) is 26.7 Å². The number of amides is 1. The smallest absolute Gasteiger partial charge is 0.303 e. The maximum atomic E-state index is 11.9. The molecule has 5 nitrogen and oxygen atoms in total. The Balaban J connectivity index is 2.47. The number of carbonyl (C=O) groups excluding carboxylic acids is 1. The third-order valence-electron chi connectivity index (χ3n) is 3.08. The highest BCUT2D eigenvalue weighted by atomic mass is 35.5. The van der Waals surface area contributed by atoms with Gasteiger partial charge in [0.1, 0.15) is 5.75 Å². The summed E-state index contributed by atoms with van der Waals surface area (Å²) in [7, 11) is 1.63. The lowest BCUT2D eigenvalue weighted by atomic mass is 10.1. The van der Waals surface area contributed by atoms with E-state index in [9.17, 15) is 9.59 Å². The van der Waals surface area contributed by atoms with Gasteiger partial charge in [-0.05, 0) is 43.5 Å². The average molecular weight is 314 g/mol. The topological polar surface area (TPSA) is 66.8 Å². The van der Waals surface area contributed by atoms with Crippen molar-refractivity contribution in [3.05, 3.63) is 28.3 Å². The molecule has 1 rings (SSSR count). The van der Waals surface area contributed by atoms with E-state index in [1.807, 2.05) is 13.8 Å². The summed E-state index contributed by atoms with van der Waals surface area (Å²) >= 11 is 6.07. The Labute approximate surface area is 129 Å². The standard InChI is InChI=1S/C15H20ClNO4/c1-10-7-12(8-11(2)15(10)16)21-9-13(18)17(3)6-4-5-14(19)20/h7-8H,4-6,9H2,1-3H3,(H,19,20). The highest BCUT2D eigenvalue weighted by Crippen LogP contribution is 2.25. The first-order valence-corrected chi connectivity index (χ1v) is 7.04. The maximum Gasteiger partial charge on any atom is 0.303 e. The maximum absolute atomic E-state index is 11.9. The van der Waals surface area contributed by atoms with Gasteiger partial charge in [0, 0.05) is 25.0 Å². The molecule has 116 valence electrons. The van der Waals surface area contributed by atoms with Crippen LogP contribution in [0.4, 0.5) is 0 Å². The minimum absolute atomic E-state index is 0.0497. The molecule has 0 heterocycles. The predicted octanol–water partition coefficient (Wildman–Crippen LogP) is 2.66. The van der Waals surface area contributed by atoms with Crippen LogP contribution in [0.1, 0.15) is 24.0 Å². The van der Waals surface area contributed by atoms with Gasteiger partial charge in [-0.2, -0.15) is 0 Å². The highest BCUT2D eigenvalue weighted by molar-refractivity contribution is 6.32. The number of carbonyl (C=O) groups is 2. The summed E-state index contributed by atoms with van der Waals surface area (Å²) in [6.45, 7) is 4.07. The van der Waals surface area contributed by atoms with Gasteiger partial charge >= 0.3 is 5.97 Å². The Hall–Kier alpha value is -1.75. The Bertz CT molecular complexity index is 507. The van der Waals surface area contributed by atoms with Gasteiger partial charge in [0.25, 0.3) is 5.91 Å². The normalized spacial score (nSPS) is 10.3. The van der Waals surface area contributed by atoms with Crippen molar-refractivity contribution in [1.29, 1.82) is 0 Å². The number of carboxylic acid groups (broad SMARTS) is 1. The number of hydrogen-bond acceptors (Lipinski definition) is 3. The first-order valence-electron chi connectivity index (χ1n) is 6.66. The molecule has 0 aliphatic carbocycles. The molecule has 0 aliphatic heterocycles. The minimum atomic E-state index is -0.862. The summed E-state index contributed by atoms with van der Waals surface area (Å²) in [4.78, 5) is 23.7. The van der Waals surface area contributed by atoms with Crippen molar-refractivity contribution in [1.82, 2.24) is 4.90 Å². The van der Waals surface area contributed by atoms with Crippen LogP contribution in [-0.2, 0) is 9.59 Å². The summed E-state index contributed by atoms with van der Waals surface area (Å²) in [6, 6.07) is 3.57. The zero-order valence-electron chi connectivity index (χ0n) is 12.5. The van der Waals surface area contributed by atoms with E-state index >= 15 is 0 Å². The van der Waals surface area contributed by atoms with E-state index in [0.29, 0.717) is 23.7 Å². The number of hydrogen-bond donors (Lipinski definition) is 1. The summed E-state index contributed by atoms with van der Waals surface area (Å²) in [5.41, 5.74) is 1.79. The first kappa shape index (κ1) is 17.3.